The van der Waals surface area contributed by atoms with Crippen LogP contribution in [0.15, 0.2) is 24.3 Å². The number of rotatable bonds is 10. The molecule has 1 saturated heterocycles. The van der Waals surface area contributed by atoms with Crippen molar-refractivity contribution < 1.29 is 14.4 Å². The number of hydrogen-bond acceptors (Lipinski definition) is 3. The summed E-state index contributed by atoms with van der Waals surface area (Å²) in [5.41, 5.74) is 1.68. The molecule has 1 aromatic rings. The molecular weight excluding hydrogens is 378 g/mol. The van der Waals surface area contributed by atoms with Gasteiger partial charge in [0.1, 0.15) is 0 Å². The summed E-state index contributed by atoms with van der Waals surface area (Å²) in [4.78, 5) is 41.1. The number of hydrogen-bond donors (Lipinski definition) is 1. The summed E-state index contributed by atoms with van der Waals surface area (Å²) in [6.45, 7) is 8.99. The maximum Gasteiger partial charge on any atom is 0.251 e. The Labute approximate surface area is 181 Å². The monoisotopic (exact) mass is 415 g/mol. The lowest BCUT2D eigenvalue weighted by Gasteiger charge is -2.32. The van der Waals surface area contributed by atoms with Crippen molar-refractivity contribution in [3.63, 3.8) is 0 Å². The zero-order chi connectivity index (χ0) is 21.9. The lowest BCUT2D eigenvalue weighted by atomic mass is 10.0. The summed E-state index contributed by atoms with van der Waals surface area (Å²) in [7, 11) is 0. The topological polar surface area (TPSA) is 69.7 Å². The third-order valence-electron chi connectivity index (χ3n) is 5.69. The van der Waals surface area contributed by atoms with Crippen LogP contribution in [-0.4, -0.2) is 59.7 Å². The molecule has 0 atom stereocenters. The molecule has 1 aliphatic rings. The van der Waals surface area contributed by atoms with Crippen molar-refractivity contribution in [3.8, 4) is 0 Å². The van der Waals surface area contributed by atoms with Crippen molar-refractivity contribution in [2.75, 3.05) is 26.2 Å². The number of nitrogens with zero attached hydrogens (tertiary/aromatic N) is 2. The van der Waals surface area contributed by atoms with Gasteiger partial charge >= 0.3 is 0 Å². The van der Waals surface area contributed by atoms with Crippen LogP contribution in [0.25, 0.3) is 0 Å². The minimum atomic E-state index is -0.0416. The van der Waals surface area contributed by atoms with Crippen LogP contribution >= 0.6 is 0 Å². The van der Waals surface area contributed by atoms with Crippen molar-refractivity contribution in [3.05, 3.63) is 35.4 Å². The van der Waals surface area contributed by atoms with Crippen LogP contribution in [0.3, 0.4) is 0 Å². The molecule has 3 amide bonds. The van der Waals surface area contributed by atoms with Gasteiger partial charge in [-0.1, -0.05) is 32.0 Å². The average Bonchev–Trinajstić information content (AvgIpc) is 2.74. The zero-order valence-corrected chi connectivity index (χ0v) is 18.8. The smallest absolute Gasteiger partial charge is 0.251 e. The van der Waals surface area contributed by atoms with Gasteiger partial charge in [0.25, 0.3) is 5.91 Å². The number of aryl methyl sites for hydroxylation is 1. The summed E-state index contributed by atoms with van der Waals surface area (Å²) in [6.07, 6.45) is 4.91. The Morgan fingerprint density at radius 2 is 1.67 bits per heavy atom. The third kappa shape index (κ3) is 7.15. The van der Waals surface area contributed by atoms with E-state index in [9.17, 15) is 14.4 Å². The molecule has 1 aromatic carbocycles. The highest BCUT2D eigenvalue weighted by atomic mass is 16.2. The summed E-state index contributed by atoms with van der Waals surface area (Å²) < 4.78 is 0. The zero-order valence-electron chi connectivity index (χ0n) is 18.8. The van der Waals surface area contributed by atoms with Crippen molar-refractivity contribution >= 4 is 17.7 Å². The molecule has 1 fully saturated rings. The second-order valence-electron chi connectivity index (χ2n) is 8.18. The number of nitrogens with one attached hydrogen (secondary N) is 1. The van der Waals surface area contributed by atoms with Crippen LogP contribution in [0.5, 0.6) is 0 Å². The van der Waals surface area contributed by atoms with Crippen molar-refractivity contribution in [1.29, 1.82) is 0 Å². The number of benzene rings is 1. The molecule has 0 bridgehead atoms. The molecule has 1 aliphatic heterocycles. The molecular formula is C24H37N3O3. The molecule has 6 nitrogen and oxygen atoms in total. The molecule has 0 aromatic heterocycles. The van der Waals surface area contributed by atoms with Crippen LogP contribution in [-0.2, 0) is 9.59 Å². The molecule has 1 N–H and O–H groups in total. The second-order valence-corrected chi connectivity index (χ2v) is 8.18. The van der Waals surface area contributed by atoms with Crippen LogP contribution in [0, 0.1) is 6.92 Å². The molecule has 166 valence electrons. The Kier molecular flexibility index (Phi) is 9.84. The van der Waals surface area contributed by atoms with Gasteiger partial charge in [-0.25, -0.2) is 0 Å². The first-order valence-electron chi connectivity index (χ1n) is 11.4. The van der Waals surface area contributed by atoms with Crippen molar-refractivity contribution in [2.45, 2.75) is 71.8 Å². The predicted molar refractivity (Wildman–Crippen MR) is 119 cm³/mol. The van der Waals surface area contributed by atoms with Crippen LogP contribution in [0.2, 0.25) is 0 Å². The molecule has 1 heterocycles. The normalized spacial score (nSPS) is 14.4. The van der Waals surface area contributed by atoms with E-state index >= 15 is 0 Å². The minimum absolute atomic E-state index is 0.0416. The van der Waals surface area contributed by atoms with E-state index in [1.165, 1.54) is 0 Å². The Hall–Kier alpha value is -2.37. The second kappa shape index (κ2) is 12.4. The third-order valence-corrected chi connectivity index (χ3v) is 5.69. The quantitative estimate of drug-likeness (QED) is 0.635. The fraction of sp³-hybridized carbons (Fsp3) is 0.625. The van der Waals surface area contributed by atoms with E-state index in [0.717, 1.165) is 44.3 Å². The fourth-order valence-corrected chi connectivity index (χ4v) is 3.97. The van der Waals surface area contributed by atoms with Crippen molar-refractivity contribution in [2.24, 2.45) is 0 Å². The summed E-state index contributed by atoms with van der Waals surface area (Å²) >= 11 is 0. The van der Waals surface area contributed by atoms with Gasteiger partial charge in [-0.05, 0) is 50.7 Å². The number of piperidine rings is 1. The lowest BCUT2D eigenvalue weighted by Crippen LogP contribution is -2.46. The maximum absolute atomic E-state index is 12.5. The molecule has 0 radical (unpaired) electrons. The number of amides is 3. The SMILES string of the molecule is CCCN(CCC)C(=O)CCCC(=O)N1CCC(NC(=O)c2ccccc2C)CC1. The van der Waals surface area contributed by atoms with Crippen LogP contribution in [0.1, 0.15) is 74.7 Å². The Balaban J connectivity index is 1.70. The molecule has 30 heavy (non-hydrogen) atoms. The summed E-state index contributed by atoms with van der Waals surface area (Å²) in [5.74, 6) is 0.230. The standard InChI is InChI=1S/C24H37N3O3/c1-4-15-26(16-5-2)22(28)11-8-12-23(29)27-17-13-20(14-18-27)25-24(30)21-10-7-6-9-19(21)3/h6-7,9-10,20H,4-5,8,11-18H2,1-3H3,(H,25,30). The summed E-state index contributed by atoms with van der Waals surface area (Å²) in [6, 6.07) is 7.67. The number of carbonyl (C=O) groups is 3. The van der Waals surface area contributed by atoms with Gasteiger partial charge in [0, 0.05) is 50.6 Å². The molecule has 2 rings (SSSR count). The van der Waals surface area contributed by atoms with Gasteiger partial charge < -0.3 is 15.1 Å². The highest BCUT2D eigenvalue weighted by molar-refractivity contribution is 5.95. The highest BCUT2D eigenvalue weighted by Gasteiger charge is 2.24. The number of carbonyl (C=O) groups excluding carboxylic acids is 3. The Morgan fingerprint density at radius 3 is 2.27 bits per heavy atom. The van der Waals surface area contributed by atoms with E-state index in [2.05, 4.69) is 19.2 Å². The van der Waals surface area contributed by atoms with E-state index in [-0.39, 0.29) is 23.8 Å². The highest BCUT2D eigenvalue weighted by Crippen LogP contribution is 2.15. The Bertz CT molecular complexity index is 705. The number of likely N-dealkylation sites (tertiary alicyclic amines) is 1. The maximum atomic E-state index is 12.5. The van der Waals surface area contributed by atoms with E-state index in [1.807, 2.05) is 41.0 Å². The van der Waals surface area contributed by atoms with Crippen LogP contribution in [0.4, 0.5) is 0 Å². The Morgan fingerprint density at radius 1 is 1.03 bits per heavy atom. The van der Waals surface area contributed by atoms with Gasteiger partial charge in [-0.15, -0.1) is 0 Å². The molecule has 0 spiro atoms. The van der Waals surface area contributed by atoms with E-state index in [0.29, 0.717) is 37.9 Å². The van der Waals surface area contributed by atoms with E-state index in [4.69, 9.17) is 0 Å². The van der Waals surface area contributed by atoms with E-state index < -0.39 is 0 Å². The lowest BCUT2D eigenvalue weighted by molar-refractivity contribution is -0.133. The first-order valence-corrected chi connectivity index (χ1v) is 11.4. The molecule has 0 aliphatic carbocycles. The van der Waals surface area contributed by atoms with Gasteiger partial charge in [-0.2, -0.15) is 0 Å². The predicted octanol–water partition coefficient (Wildman–Crippen LogP) is 3.53. The summed E-state index contributed by atoms with van der Waals surface area (Å²) in [5, 5.41) is 3.10. The fourth-order valence-electron chi connectivity index (χ4n) is 3.97. The first kappa shape index (κ1) is 23.9. The largest absolute Gasteiger partial charge is 0.349 e. The minimum Gasteiger partial charge on any atom is -0.349 e. The molecule has 0 unspecified atom stereocenters. The first-order chi connectivity index (χ1) is 14.5. The van der Waals surface area contributed by atoms with Gasteiger partial charge in [0.2, 0.25) is 11.8 Å². The van der Waals surface area contributed by atoms with Crippen molar-refractivity contribution in [1.82, 2.24) is 15.1 Å². The average molecular weight is 416 g/mol. The van der Waals surface area contributed by atoms with Gasteiger partial charge in [0.05, 0.1) is 0 Å². The van der Waals surface area contributed by atoms with Gasteiger partial charge in [0.15, 0.2) is 0 Å². The molecule has 0 saturated carbocycles. The van der Waals surface area contributed by atoms with Crippen LogP contribution < -0.4 is 5.32 Å². The van der Waals surface area contributed by atoms with E-state index in [1.54, 1.807) is 0 Å². The molecule has 6 heteroatoms. The van der Waals surface area contributed by atoms with Gasteiger partial charge in [-0.3, -0.25) is 14.4 Å².